The van der Waals surface area contributed by atoms with Crippen LogP contribution in [0.25, 0.3) is 0 Å². The zero-order chi connectivity index (χ0) is 35.5. The first-order valence-corrected chi connectivity index (χ1v) is 15.9. The Bertz CT molecular complexity index is 1340. The van der Waals surface area contributed by atoms with Crippen molar-refractivity contribution in [2.45, 2.75) is 97.6 Å². The first kappa shape index (κ1) is 39.8. The largest absolute Gasteiger partial charge is 0.391 e. The first-order chi connectivity index (χ1) is 21.9. The van der Waals surface area contributed by atoms with Gasteiger partial charge in [-0.05, 0) is 87.1 Å². The molecule has 0 N–H and O–H groups in total. The van der Waals surface area contributed by atoms with Gasteiger partial charge < -0.3 is 0 Å². The van der Waals surface area contributed by atoms with Crippen molar-refractivity contribution in [3.05, 3.63) is 71.3 Å². The molecule has 2 saturated carbocycles. The fourth-order valence-electron chi connectivity index (χ4n) is 6.06. The van der Waals surface area contributed by atoms with Gasteiger partial charge in [0.2, 0.25) is 5.92 Å². The Balaban J connectivity index is 0.000000261. The summed E-state index contributed by atoms with van der Waals surface area (Å²) >= 11 is 0. The van der Waals surface area contributed by atoms with E-state index in [0.29, 0.717) is 18.4 Å². The molecule has 2 aromatic rings. The Kier molecular flexibility index (Phi) is 15.0. The smallest absolute Gasteiger partial charge is 0.299 e. The van der Waals surface area contributed by atoms with Crippen LogP contribution in [-0.2, 0) is 9.59 Å². The van der Waals surface area contributed by atoms with Crippen molar-refractivity contribution in [3.8, 4) is 0 Å². The van der Waals surface area contributed by atoms with Crippen molar-refractivity contribution in [1.29, 1.82) is 0 Å². The third-order valence-electron chi connectivity index (χ3n) is 8.83. The molecule has 0 aromatic heterocycles. The Hall–Kier alpha value is -3.37. The number of hydrogen-bond donors (Lipinski definition) is 0. The van der Waals surface area contributed by atoms with Gasteiger partial charge in [0.25, 0.3) is 0 Å². The number of Topliss-reactive ketones (excluding diaryl/α,β-unsaturated/α-hetero) is 4. The Labute approximate surface area is 271 Å². The van der Waals surface area contributed by atoms with E-state index in [1.54, 1.807) is 13.8 Å². The second kappa shape index (κ2) is 17.7. The van der Waals surface area contributed by atoms with Crippen LogP contribution in [0.2, 0.25) is 0 Å². The lowest BCUT2D eigenvalue weighted by atomic mass is 9.71. The topological polar surface area (TPSA) is 68.3 Å². The van der Waals surface area contributed by atoms with Crippen molar-refractivity contribution >= 4 is 23.1 Å². The Morgan fingerprint density at radius 3 is 1.72 bits per heavy atom. The van der Waals surface area contributed by atoms with E-state index in [1.807, 2.05) is 6.92 Å². The van der Waals surface area contributed by atoms with E-state index in [4.69, 9.17) is 0 Å². The number of carbonyl (C=O) groups excluding carboxylic acids is 4. The molecular weight excluding hydrogens is 629 g/mol. The van der Waals surface area contributed by atoms with E-state index < -0.39 is 48.5 Å². The summed E-state index contributed by atoms with van der Waals surface area (Å²) < 4.78 is 90.4. The number of halogens is 7. The van der Waals surface area contributed by atoms with E-state index >= 15 is 0 Å². The fraction of sp³-hybridized carbons (Fsp3) is 0.556. The standard InChI is InChI=1S/C16H17F3O2.C12H19F3O.C8H7FO/c1-2-14(20)13-9-16(18,19)8-7-12(13)15(21)10-3-5-11(17)6-4-10;1-3-11(16)9-5-4-8(2)6-10(7-9)12(13,14)15;1-6(10)7-2-4-8(9)5-3-7/h3-6,12-13H,2,7-9H2,1H3;8-10H,3-7H2,1-2H3;2-5H,1H3/t12?,13-;8?,9-,10+;/m10./s1. The molecule has 0 radical (unpaired) electrons. The first-order valence-electron chi connectivity index (χ1n) is 15.9. The molecule has 0 bridgehead atoms. The molecule has 2 fully saturated rings. The zero-order valence-electron chi connectivity index (χ0n) is 27.1. The summed E-state index contributed by atoms with van der Waals surface area (Å²) in [5, 5.41) is 0. The van der Waals surface area contributed by atoms with E-state index in [2.05, 4.69) is 0 Å². The molecule has 260 valence electrons. The highest BCUT2D eigenvalue weighted by Crippen LogP contribution is 2.43. The highest BCUT2D eigenvalue weighted by Gasteiger charge is 2.46. The van der Waals surface area contributed by atoms with Crippen LogP contribution in [0, 0.1) is 41.2 Å². The van der Waals surface area contributed by atoms with Crippen molar-refractivity contribution in [2.75, 3.05) is 0 Å². The van der Waals surface area contributed by atoms with Gasteiger partial charge in [0, 0.05) is 54.6 Å². The van der Waals surface area contributed by atoms with Gasteiger partial charge in [-0.2, -0.15) is 13.2 Å². The van der Waals surface area contributed by atoms with Gasteiger partial charge in [0.1, 0.15) is 23.2 Å². The molecule has 5 atom stereocenters. The monoisotopic (exact) mass is 672 g/mol. The van der Waals surface area contributed by atoms with Crippen molar-refractivity contribution < 1.29 is 49.9 Å². The fourth-order valence-corrected chi connectivity index (χ4v) is 6.06. The number of rotatable bonds is 7. The summed E-state index contributed by atoms with van der Waals surface area (Å²) in [6.07, 6.45) is -3.10. The van der Waals surface area contributed by atoms with E-state index in [9.17, 15) is 49.9 Å². The third kappa shape index (κ3) is 12.6. The van der Waals surface area contributed by atoms with E-state index in [1.165, 1.54) is 43.3 Å². The minimum Gasteiger partial charge on any atom is -0.299 e. The van der Waals surface area contributed by atoms with Gasteiger partial charge in [-0.3, -0.25) is 19.2 Å². The molecule has 0 amide bonds. The lowest BCUT2D eigenvalue weighted by Gasteiger charge is -2.34. The minimum absolute atomic E-state index is 0.000509. The lowest BCUT2D eigenvalue weighted by molar-refractivity contribution is -0.182. The molecule has 0 aliphatic heterocycles. The number of ketones is 4. The molecule has 0 heterocycles. The summed E-state index contributed by atoms with van der Waals surface area (Å²) in [4.78, 5) is 46.5. The van der Waals surface area contributed by atoms with Crippen molar-refractivity contribution in [3.63, 3.8) is 0 Å². The molecule has 2 aromatic carbocycles. The second-order valence-corrected chi connectivity index (χ2v) is 12.5. The summed E-state index contributed by atoms with van der Waals surface area (Å²) in [5.41, 5.74) is 0.807. The Morgan fingerprint density at radius 2 is 1.26 bits per heavy atom. The summed E-state index contributed by atoms with van der Waals surface area (Å²) in [7, 11) is 0. The van der Waals surface area contributed by atoms with E-state index in [0.717, 1.165) is 18.6 Å². The molecular formula is C36H43F7O4. The van der Waals surface area contributed by atoms with E-state index in [-0.39, 0.29) is 72.0 Å². The Morgan fingerprint density at radius 1 is 0.745 bits per heavy atom. The summed E-state index contributed by atoms with van der Waals surface area (Å²) in [6.45, 7) is 6.62. The average molecular weight is 673 g/mol. The van der Waals surface area contributed by atoms with Gasteiger partial charge in [-0.25, -0.2) is 17.6 Å². The van der Waals surface area contributed by atoms with Crippen LogP contribution in [0.4, 0.5) is 30.7 Å². The molecule has 0 spiro atoms. The van der Waals surface area contributed by atoms with Gasteiger partial charge in [-0.15, -0.1) is 0 Å². The van der Waals surface area contributed by atoms with Gasteiger partial charge in [0.15, 0.2) is 11.6 Å². The highest BCUT2D eigenvalue weighted by atomic mass is 19.4. The third-order valence-corrected chi connectivity index (χ3v) is 8.83. The molecule has 4 nitrogen and oxygen atoms in total. The maximum Gasteiger partial charge on any atom is 0.391 e. The highest BCUT2D eigenvalue weighted by molar-refractivity contribution is 6.01. The normalized spacial score (nSPS) is 23.9. The number of alkyl halides is 5. The summed E-state index contributed by atoms with van der Waals surface area (Å²) in [5.74, 6) is -7.66. The predicted molar refractivity (Wildman–Crippen MR) is 164 cm³/mol. The van der Waals surface area contributed by atoms with Gasteiger partial charge >= 0.3 is 6.18 Å². The zero-order valence-corrected chi connectivity index (χ0v) is 27.1. The lowest BCUT2D eigenvalue weighted by Crippen LogP contribution is -2.40. The van der Waals surface area contributed by atoms with Gasteiger partial charge in [-0.1, -0.05) is 27.2 Å². The van der Waals surface area contributed by atoms with Crippen molar-refractivity contribution in [1.82, 2.24) is 0 Å². The van der Waals surface area contributed by atoms with Crippen LogP contribution in [0.15, 0.2) is 48.5 Å². The second-order valence-electron chi connectivity index (χ2n) is 12.5. The van der Waals surface area contributed by atoms with Crippen LogP contribution in [0.1, 0.15) is 106 Å². The molecule has 2 aliphatic rings. The minimum atomic E-state index is -4.15. The van der Waals surface area contributed by atoms with Crippen LogP contribution < -0.4 is 0 Å². The van der Waals surface area contributed by atoms with Crippen LogP contribution in [-0.4, -0.2) is 35.2 Å². The molecule has 11 heteroatoms. The molecule has 4 rings (SSSR count). The van der Waals surface area contributed by atoms with Gasteiger partial charge in [0.05, 0.1) is 5.92 Å². The maximum absolute atomic E-state index is 13.5. The average Bonchev–Trinajstić information content (AvgIpc) is 3.22. The molecule has 2 unspecified atom stereocenters. The SMILES string of the molecule is CC(=O)c1ccc(F)cc1.CCC(=O)[C@@H]1CC(F)(F)CCC1C(=O)c1ccc(F)cc1.CCC(=O)[C@H]1CCC(C)C[C@@H](C(F)(F)F)C1. The van der Waals surface area contributed by atoms with Crippen LogP contribution >= 0.6 is 0 Å². The molecule has 2 aliphatic carbocycles. The predicted octanol–water partition coefficient (Wildman–Crippen LogP) is 10.0. The maximum atomic E-state index is 13.5. The van der Waals surface area contributed by atoms with Crippen molar-refractivity contribution in [2.24, 2.45) is 29.6 Å². The van der Waals surface area contributed by atoms with Crippen LogP contribution in [0.3, 0.4) is 0 Å². The quantitative estimate of drug-likeness (QED) is 0.167. The summed E-state index contributed by atoms with van der Waals surface area (Å²) in [6, 6.07) is 10.5. The number of carbonyl (C=O) groups is 4. The van der Waals surface area contributed by atoms with Crippen LogP contribution in [0.5, 0.6) is 0 Å². The molecule has 0 saturated heterocycles. The molecule has 47 heavy (non-hydrogen) atoms. The number of benzene rings is 2. The number of hydrogen-bond acceptors (Lipinski definition) is 4.